The van der Waals surface area contributed by atoms with Crippen LogP contribution < -0.4 is 4.74 Å². The standard InChI is InChI=1S/C12H10Cl2O.ClH3Si/c1-2-15-12-10(13)7-8-5-3-4-6-9(8)11(12)14;1-2/h3-7H,2H2,1H3;2H3. The van der Waals surface area contributed by atoms with Crippen molar-refractivity contribution in [3.05, 3.63) is 40.4 Å². The molecule has 0 N–H and O–H groups in total. The van der Waals surface area contributed by atoms with Gasteiger partial charge in [0.1, 0.15) is 9.55 Å². The van der Waals surface area contributed by atoms with E-state index in [1.807, 2.05) is 37.3 Å². The Hall–Kier alpha value is -0.413. The van der Waals surface area contributed by atoms with Crippen LogP contribution in [-0.4, -0.2) is 16.2 Å². The maximum atomic E-state index is 6.22. The van der Waals surface area contributed by atoms with E-state index in [0.29, 0.717) is 22.4 Å². The molecule has 2 rings (SSSR count). The summed E-state index contributed by atoms with van der Waals surface area (Å²) in [7, 11) is 0.778. The van der Waals surface area contributed by atoms with E-state index in [1.54, 1.807) is 0 Å². The molecule has 0 heterocycles. The molecule has 0 unspecified atom stereocenters. The fourth-order valence-corrected chi connectivity index (χ4v) is 2.17. The van der Waals surface area contributed by atoms with Gasteiger partial charge in [0, 0.05) is 5.39 Å². The van der Waals surface area contributed by atoms with Gasteiger partial charge in [-0.05, 0) is 18.4 Å². The molecule has 0 spiro atoms. The van der Waals surface area contributed by atoms with Gasteiger partial charge in [-0.25, -0.2) is 0 Å². The van der Waals surface area contributed by atoms with Crippen molar-refractivity contribution in [1.82, 2.24) is 0 Å². The first-order chi connectivity index (χ1) is 8.24. The molecule has 0 saturated carbocycles. The average Bonchev–Trinajstić information content (AvgIpc) is 2.37. The van der Waals surface area contributed by atoms with Gasteiger partial charge in [-0.15, -0.1) is 0 Å². The summed E-state index contributed by atoms with van der Waals surface area (Å²) >= 11 is 17.1. The number of halogens is 3. The number of ether oxygens (including phenoxy) is 1. The van der Waals surface area contributed by atoms with Crippen LogP contribution in [-0.2, 0) is 0 Å². The van der Waals surface area contributed by atoms with Crippen LogP contribution in [0.2, 0.25) is 10.0 Å². The predicted octanol–water partition coefficient (Wildman–Crippen LogP) is 4.05. The Morgan fingerprint density at radius 1 is 1.18 bits per heavy atom. The van der Waals surface area contributed by atoms with Crippen molar-refractivity contribution in [2.75, 3.05) is 6.61 Å². The number of fused-ring (bicyclic) bond motifs is 1. The van der Waals surface area contributed by atoms with Gasteiger partial charge in [-0.1, -0.05) is 47.5 Å². The van der Waals surface area contributed by atoms with Gasteiger partial charge >= 0.3 is 0 Å². The molecule has 0 radical (unpaired) electrons. The lowest BCUT2D eigenvalue weighted by atomic mass is 10.1. The van der Waals surface area contributed by atoms with Crippen molar-refractivity contribution in [3.63, 3.8) is 0 Å². The van der Waals surface area contributed by atoms with E-state index in [9.17, 15) is 0 Å². The zero-order valence-electron chi connectivity index (χ0n) is 9.64. The number of hydrogen-bond donors (Lipinski definition) is 0. The van der Waals surface area contributed by atoms with Crippen molar-refractivity contribution in [1.29, 1.82) is 0 Å². The van der Waals surface area contributed by atoms with Crippen molar-refractivity contribution >= 4 is 54.6 Å². The van der Waals surface area contributed by atoms with Crippen LogP contribution in [0.4, 0.5) is 0 Å². The fourth-order valence-electron chi connectivity index (χ4n) is 1.53. The Morgan fingerprint density at radius 3 is 2.47 bits per heavy atom. The molecule has 0 aliphatic carbocycles. The predicted molar refractivity (Wildman–Crippen MR) is 80.9 cm³/mol. The highest BCUT2D eigenvalue weighted by Crippen LogP contribution is 2.39. The Morgan fingerprint density at radius 2 is 1.82 bits per heavy atom. The second kappa shape index (κ2) is 7.12. The second-order valence-electron chi connectivity index (χ2n) is 3.16. The maximum absolute atomic E-state index is 6.22. The second-order valence-corrected chi connectivity index (χ2v) is 3.94. The summed E-state index contributed by atoms with van der Waals surface area (Å²) in [5.41, 5.74) is 0. The smallest absolute Gasteiger partial charge is 0.157 e. The SMILES string of the molecule is CCOc1c(Cl)cc2ccccc2c1Cl.[SiH3]Cl. The lowest BCUT2D eigenvalue weighted by Gasteiger charge is -2.10. The Labute approximate surface area is 119 Å². The molecular formula is C12H13Cl3OSi. The summed E-state index contributed by atoms with van der Waals surface area (Å²) in [5, 5.41) is 3.13. The maximum Gasteiger partial charge on any atom is 0.157 e. The van der Waals surface area contributed by atoms with E-state index in [1.165, 1.54) is 0 Å². The van der Waals surface area contributed by atoms with Gasteiger partial charge in [0.2, 0.25) is 0 Å². The molecule has 92 valence electrons. The van der Waals surface area contributed by atoms with Gasteiger partial charge in [0.05, 0.1) is 16.7 Å². The average molecular weight is 308 g/mol. The molecule has 0 atom stereocenters. The highest BCUT2D eigenvalue weighted by Gasteiger charge is 2.10. The van der Waals surface area contributed by atoms with Crippen LogP contribution in [0.1, 0.15) is 6.92 Å². The number of hydrogen-bond acceptors (Lipinski definition) is 1. The molecule has 1 nitrogen and oxygen atoms in total. The molecule has 0 amide bonds. The van der Waals surface area contributed by atoms with Gasteiger partial charge in [-0.2, -0.15) is 11.1 Å². The third-order valence-electron chi connectivity index (χ3n) is 2.18. The first kappa shape index (κ1) is 14.6. The first-order valence-electron chi connectivity index (χ1n) is 5.11. The normalized spacial score (nSPS) is 9.88. The highest BCUT2D eigenvalue weighted by molar-refractivity contribution is 6.80. The summed E-state index contributed by atoms with van der Waals surface area (Å²) in [6.45, 7) is 2.46. The molecular weight excluding hydrogens is 295 g/mol. The summed E-state index contributed by atoms with van der Waals surface area (Å²) in [6, 6.07) is 9.69. The molecule has 0 aromatic heterocycles. The topological polar surface area (TPSA) is 9.23 Å². The zero-order valence-corrected chi connectivity index (χ0v) is 13.9. The summed E-state index contributed by atoms with van der Waals surface area (Å²) in [6.07, 6.45) is 0. The molecule has 5 heteroatoms. The lowest BCUT2D eigenvalue weighted by Crippen LogP contribution is -1.93. The van der Waals surface area contributed by atoms with E-state index in [4.69, 9.17) is 39.0 Å². The minimum absolute atomic E-state index is 0.553. The van der Waals surface area contributed by atoms with E-state index in [0.717, 1.165) is 20.3 Å². The Balaban J connectivity index is 0.000000686. The van der Waals surface area contributed by atoms with E-state index in [2.05, 4.69) is 0 Å². The van der Waals surface area contributed by atoms with Crippen LogP contribution in [0.15, 0.2) is 30.3 Å². The number of benzene rings is 2. The molecule has 0 saturated heterocycles. The van der Waals surface area contributed by atoms with E-state index in [-0.39, 0.29) is 0 Å². The largest absolute Gasteiger partial charge is 0.491 e. The molecule has 0 aliphatic rings. The minimum Gasteiger partial charge on any atom is -0.491 e. The third kappa shape index (κ3) is 3.29. The molecule has 0 aliphatic heterocycles. The molecule has 17 heavy (non-hydrogen) atoms. The van der Waals surface area contributed by atoms with Crippen molar-refractivity contribution < 1.29 is 4.74 Å². The van der Waals surface area contributed by atoms with Gasteiger partial charge < -0.3 is 4.74 Å². The monoisotopic (exact) mass is 306 g/mol. The first-order valence-corrected chi connectivity index (χ1v) is 8.89. The van der Waals surface area contributed by atoms with E-state index < -0.39 is 0 Å². The van der Waals surface area contributed by atoms with Gasteiger partial charge in [0.15, 0.2) is 5.75 Å². The molecule has 0 fully saturated rings. The van der Waals surface area contributed by atoms with Crippen LogP contribution in [0.25, 0.3) is 10.8 Å². The van der Waals surface area contributed by atoms with Crippen LogP contribution in [0.5, 0.6) is 5.75 Å². The van der Waals surface area contributed by atoms with Gasteiger partial charge in [0.25, 0.3) is 0 Å². The van der Waals surface area contributed by atoms with Crippen molar-refractivity contribution in [3.8, 4) is 5.75 Å². The van der Waals surface area contributed by atoms with Crippen LogP contribution in [0, 0.1) is 0 Å². The summed E-state index contributed by atoms with van der Waals surface area (Å²) in [4.78, 5) is 0. The number of rotatable bonds is 2. The van der Waals surface area contributed by atoms with Crippen molar-refractivity contribution in [2.45, 2.75) is 6.92 Å². The van der Waals surface area contributed by atoms with Crippen LogP contribution >= 0.6 is 34.3 Å². The zero-order chi connectivity index (χ0) is 12.8. The quantitative estimate of drug-likeness (QED) is 0.601. The highest BCUT2D eigenvalue weighted by atomic mass is 35.6. The summed E-state index contributed by atoms with van der Waals surface area (Å²) in [5.74, 6) is 0.569. The Kier molecular flexibility index (Phi) is 6.13. The third-order valence-corrected chi connectivity index (χ3v) is 2.84. The van der Waals surface area contributed by atoms with Crippen LogP contribution in [0.3, 0.4) is 0 Å². The lowest BCUT2D eigenvalue weighted by molar-refractivity contribution is 0.341. The molecule has 2 aromatic carbocycles. The Bertz CT molecular complexity index is 502. The van der Waals surface area contributed by atoms with Crippen molar-refractivity contribution in [2.24, 2.45) is 0 Å². The molecule has 0 bridgehead atoms. The fraction of sp³-hybridized carbons (Fsp3) is 0.167. The van der Waals surface area contributed by atoms with Gasteiger partial charge in [-0.3, -0.25) is 0 Å². The van der Waals surface area contributed by atoms with E-state index >= 15 is 0 Å². The minimum atomic E-state index is 0.553. The molecule has 2 aromatic rings. The summed E-state index contributed by atoms with van der Waals surface area (Å²) < 4.78 is 5.41.